The Balaban J connectivity index is 1.42. The minimum Gasteiger partial charge on any atom is -0.497 e. The third kappa shape index (κ3) is 5.11. The van der Waals surface area contributed by atoms with Crippen molar-refractivity contribution in [1.82, 2.24) is 15.1 Å². The van der Waals surface area contributed by atoms with Crippen LogP contribution in [0, 0.1) is 5.92 Å². The van der Waals surface area contributed by atoms with Crippen LogP contribution < -0.4 is 10.1 Å². The highest BCUT2D eigenvalue weighted by Gasteiger charge is 2.44. The fourth-order valence-electron chi connectivity index (χ4n) is 4.93. The van der Waals surface area contributed by atoms with Gasteiger partial charge in [-0.25, -0.2) is 0 Å². The molecule has 3 heterocycles. The zero-order valence-corrected chi connectivity index (χ0v) is 19.9. The van der Waals surface area contributed by atoms with E-state index in [1.807, 2.05) is 29.2 Å². The Morgan fingerprint density at radius 2 is 1.88 bits per heavy atom. The quantitative estimate of drug-likeness (QED) is 0.643. The van der Waals surface area contributed by atoms with Gasteiger partial charge in [0.2, 0.25) is 11.8 Å². The molecule has 34 heavy (non-hydrogen) atoms. The number of hydrogen-bond donors (Lipinski definition) is 1. The van der Waals surface area contributed by atoms with Crippen molar-refractivity contribution < 1.29 is 23.5 Å². The molecule has 8 nitrogen and oxygen atoms in total. The van der Waals surface area contributed by atoms with Crippen LogP contribution in [0.3, 0.4) is 0 Å². The Labute approximate surface area is 200 Å². The highest BCUT2D eigenvalue weighted by Crippen LogP contribution is 2.39. The molecule has 182 valence electrons. The summed E-state index contributed by atoms with van der Waals surface area (Å²) in [7, 11) is 1.62. The number of likely N-dealkylation sites (tertiary alicyclic amines) is 2. The molecule has 0 radical (unpaired) electrons. The van der Waals surface area contributed by atoms with E-state index in [1.54, 1.807) is 18.1 Å². The maximum absolute atomic E-state index is 13.4. The van der Waals surface area contributed by atoms with E-state index in [2.05, 4.69) is 12.2 Å². The van der Waals surface area contributed by atoms with Crippen molar-refractivity contribution in [2.75, 3.05) is 26.7 Å². The molecule has 1 aromatic carbocycles. The van der Waals surface area contributed by atoms with Crippen LogP contribution in [0.4, 0.5) is 0 Å². The summed E-state index contributed by atoms with van der Waals surface area (Å²) in [4.78, 5) is 42.5. The third-order valence-corrected chi connectivity index (χ3v) is 6.88. The molecule has 2 saturated heterocycles. The van der Waals surface area contributed by atoms with Crippen LogP contribution in [0.25, 0.3) is 0 Å². The van der Waals surface area contributed by atoms with Crippen LogP contribution in [-0.2, 0) is 9.59 Å². The lowest BCUT2D eigenvalue weighted by molar-refractivity contribution is -0.129. The molecule has 2 aromatic rings. The number of piperidine rings is 1. The fourth-order valence-corrected chi connectivity index (χ4v) is 4.93. The van der Waals surface area contributed by atoms with Crippen molar-refractivity contribution >= 4 is 17.7 Å². The van der Waals surface area contributed by atoms with E-state index < -0.39 is 5.92 Å². The van der Waals surface area contributed by atoms with Crippen LogP contribution in [-0.4, -0.2) is 60.3 Å². The van der Waals surface area contributed by atoms with E-state index in [9.17, 15) is 14.4 Å². The molecule has 3 amide bonds. The number of methoxy groups -OCH3 is 1. The van der Waals surface area contributed by atoms with Gasteiger partial charge in [-0.15, -0.1) is 0 Å². The smallest absolute Gasteiger partial charge is 0.257 e. The second-order valence-corrected chi connectivity index (χ2v) is 9.06. The predicted octanol–water partition coefficient (Wildman–Crippen LogP) is 3.40. The molecule has 0 spiro atoms. The average Bonchev–Trinajstić information content (AvgIpc) is 3.51. The average molecular weight is 468 g/mol. The second kappa shape index (κ2) is 10.8. The predicted molar refractivity (Wildman–Crippen MR) is 126 cm³/mol. The summed E-state index contributed by atoms with van der Waals surface area (Å²) in [5.41, 5.74) is 1.49. The van der Waals surface area contributed by atoms with E-state index in [0.717, 1.165) is 24.2 Å². The van der Waals surface area contributed by atoms with Gasteiger partial charge in [0.05, 0.1) is 30.9 Å². The number of unbranched alkanes of at least 4 members (excludes halogenated alkanes) is 1. The number of nitrogens with zero attached hydrogens (tertiary/aromatic N) is 2. The van der Waals surface area contributed by atoms with E-state index in [4.69, 9.17) is 9.15 Å². The largest absolute Gasteiger partial charge is 0.497 e. The number of amides is 3. The first kappa shape index (κ1) is 23.9. The summed E-state index contributed by atoms with van der Waals surface area (Å²) in [5, 5.41) is 3.18. The summed E-state index contributed by atoms with van der Waals surface area (Å²) in [6.07, 6.45) is 6.40. The number of ether oxygens (including phenoxy) is 1. The summed E-state index contributed by atoms with van der Waals surface area (Å²) in [6.45, 7) is 3.88. The molecule has 0 aliphatic carbocycles. The molecule has 0 unspecified atom stereocenters. The number of hydrogen-bond acceptors (Lipinski definition) is 5. The van der Waals surface area contributed by atoms with Crippen LogP contribution in [0.2, 0.25) is 0 Å². The van der Waals surface area contributed by atoms with Gasteiger partial charge in [-0.3, -0.25) is 14.4 Å². The van der Waals surface area contributed by atoms with Crippen LogP contribution >= 0.6 is 0 Å². The Bertz CT molecular complexity index is 980. The normalized spacial score (nSPS) is 21.1. The van der Waals surface area contributed by atoms with Gasteiger partial charge < -0.3 is 24.3 Å². The Hall–Kier alpha value is -3.29. The fraction of sp³-hybridized carbons (Fsp3) is 0.500. The number of benzene rings is 1. The Morgan fingerprint density at radius 1 is 1.15 bits per heavy atom. The van der Waals surface area contributed by atoms with E-state index in [0.29, 0.717) is 38.0 Å². The summed E-state index contributed by atoms with van der Waals surface area (Å²) in [6, 6.07) is 9.00. The van der Waals surface area contributed by atoms with Gasteiger partial charge in [-0.1, -0.05) is 25.5 Å². The van der Waals surface area contributed by atoms with Crippen molar-refractivity contribution in [2.24, 2.45) is 5.92 Å². The number of nitrogens with one attached hydrogen (secondary N) is 1. The van der Waals surface area contributed by atoms with Crippen molar-refractivity contribution in [1.29, 1.82) is 0 Å². The standard InChI is InChI=1S/C26H33N3O5/c1-3-4-12-29-23(30)16-22(24(29)18-5-7-21(33-2)8-6-18)25(31)27-20-9-13-28(14-10-20)26(32)19-11-15-34-17-19/h5-8,11,15,17,20,22,24H,3-4,9-10,12-14,16H2,1-2H3,(H,27,31)/t22-,24-/m0/s1. The zero-order valence-electron chi connectivity index (χ0n) is 19.9. The lowest BCUT2D eigenvalue weighted by atomic mass is 9.91. The lowest BCUT2D eigenvalue weighted by Gasteiger charge is -2.33. The van der Waals surface area contributed by atoms with Gasteiger partial charge in [0.1, 0.15) is 12.0 Å². The third-order valence-electron chi connectivity index (χ3n) is 6.88. The molecule has 1 N–H and O–H groups in total. The first-order valence-electron chi connectivity index (χ1n) is 12.1. The topological polar surface area (TPSA) is 92.1 Å². The number of furan rings is 1. The molecule has 2 atom stereocenters. The molecule has 2 fully saturated rings. The monoisotopic (exact) mass is 467 g/mol. The molecule has 1 aromatic heterocycles. The Morgan fingerprint density at radius 3 is 2.50 bits per heavy atom. The van der Waals surface area contributed by atoms with Crippen molar-refractivity contribution in [3.63, 3.8) is 0 Å². The number of rotatable bonds is 8. The van der Waals surface area contributed by atoms with Crippen LogP contribution in [0.1, 0.15) is 61.0 Å². The summed E-state index contributed by atoms with van der Waals surface area (Å²) in [5.74, 6) is 0.183. The number of carbonyl (C=O) groups excluding carboxylic acids is 3. The highest BCUT2D eigenvalue weighted by atomic mass is 16.5. The van der Waals surface area contributed by atoms with Crippen molar-refractivity contribution in [3.05, 3.63) is 54.0 Å². The van der Waals surface area contributed by atoms with Gasteiger partial charge in [0, 0.05) is 32.1 Å². The molecule has 8 heteroatoms. The first-order chi connectivity index (χ1) is 16.5. The summed E-state index contributed by atoms with van der Waals surface area (Å²) < 4.78 is 10.3. The summed E-state index contributed by atoms with van der Waals surface area (Å²) >= 11 is 0. The number of carbonyl (C=O) groups is 3. The molecule has 2 aliphatic heterocycles. The highest BCUT2D eigenvalue weighted by molar-refractivity contribution is 5.94. The molecular formula is C26H33N3O5. The Kier molecular flexibility index (Phi) is 7.55. The maximum atomic E-state index is 13.4. The van der Waals surface area contributed by atoms with E-state index >= 15 is 0 Å². The van der Waals surface area contributed by atoms with Gasteiger partial charge in [0.15, 0.2) is 0 Å². The maximum Gasteiger partial charge on any atom is 0.257 e. The second-order valence-electron chi connectivity index (χ2n) is 9.06. The van der Waals surface area contributed by atoms with Gasteiger partial charge in [-0.2, -0.15) is 0 Å². The SMILES string of the molecule is CCCCN1C(=O)C[C@H](C(=O)NC2CCN(C(=O)c3ccoc3)CC2)[C@@H]1c1ccc(OC)cc1. The van der Waals surface area contributed by atoms with Gasteiger partial charge in [0.25, 0.3) is 5.91 Å². The van der Waals surface area contributed by atoms with Gasteiger partial charge >= 0.3 is 0 Å². The minimum atomic E-state index is -0.441. The van der Waals surface area contributed by atoms with E-state index in [1.165, 1.54) is 12.5 Å². The van der Waals surface area contributed by atoms with Crippen LogP contribution in [0.5, 0.6) is 5.75 Å². The molecule has 4 rings (SSSR count). The minimum absolute atomic E-state index is 0.0165. The zero-order chi connectivity index (χ0) is 24.1. The van der Waals surface area contributed by atoms with E-state index in [-0.39, 0.29) is 36.2 Å². The van der Waals surface area contributed by atoms with Crippen LogP contribution in [0.15, 0.2) is 47.3 Å². The van der Waals surface area contributed by atoms with Crippen molar-refractivity contribution in [3.8, 4) is 5.75 Å². The lowest BCUT2D eigenvalue weighted by Crippen LogP contribution is -2.48. The first-order valence-corrected chi connectivity index (χ1v) is 12.1. The molecule has 2 aliphatic rings. The molecule has 0 bridgehead atoms. The van der Waals surface area contributed by atoms with Crippen molar-refractivity contribution in [2.45, 2.75) is 51.1 Å². The van der Waals surface area contributed by atoms with Gasteiger partial charge in [-0.05, 0) is 43.0 Å². The molecule has 0 saturated carbocycles. The molecular weight excluding hydrogens is 434 g/mol.